The van der Waals surface area contributed by atoms with E-state index in [1.807, 2.05) is 19.1 Å². The summed E-state index contributed by atoms with van der Waals surface area (Å²) in [5.41, 5.74) is 3.16. The van der Waals surface area contributed by atoms with Gasteiger partial charge in [0.2, 0.25) is 5.78 Å². The van der Waals surface area contributed by atoms with Crippen molar-refractivity contribution < 1.29 is 24.2 Å². The van der Waals surface area contributed by atoms with Crippen LogP contribution in [-0.4, -0.2) is 41.5 Å². The normalized spacial score (nSPS) is 19.7. The molecular formula is C28H33NO5. The first-order valence-electron chi connectivity index (χ1n) is 12.0. The Kier molecular flexibility index (Phi) is 6.80. The molecule has 180 valence electrons. The number of rotatable bonds is 5. The van der Waals surface area contributed by atoms with Gasteiger partial charge in [-0.05, 0) is 61.1 Å². The molecule has 2 aliphatic rings. The maximum atomic E-state index is 13.0. The Labute approximate surface area is 201 Å². The second kappa shape index (κ2) is 9.63. The van der Waals surface area contributed by atoms with Crippen molar-refractivity contribution in [2.75, 3.05) is 19.7 Å². The minimum absolute atomic E-state index is 0.0503. The van der Waals surface area contributed by atoms with Gasteiger partial charge in [0.15, 0.2) is 5.76 Å². The van der Waals surface area contributed by atoms with Crippen molar-refractivity contribution in [1.29, 1.82) is 0 Å². The summed E-state index contributed by atoms with van der Waals surface area (Å²) in [6.07, 6.45) is 3.41. The molecule has 0 saturated carbocycles. The van der Waals surface area contributed by atoms with Crippen LogP contribution in [0.2, 0.25) is 0 Å². The smallest absolute Gasteiger partial charge is 0.310 e. The summed E-state index contributed by atoms with van der Waals surface area (Å²) in [5.74, 6) is 0.180. The van der Waals surface area contributed by atoms with Crippen LogP contribution in [-0.2, 0) is 21.5 Å². The quantitative estimate of drug-likeness (QED) is 0.492. The fourth-order valence-corrected chi connectivity index (χ4v) is 4.56. The van der Waals surface area contributed by atoms with Gasteiger partial charge in [-0.2, -0.15) is 0 Å². The average Bonchev–Trinajstić information content (AvgIpc) is 3.11. The number of allylic oxidation sites excluding steroid dienone is 1. The summed E-state index contributed by atoms with van der Waals surface area (Å²) in [5, 5.41) is 10.6. The van der Waals surface area contributed by atoms with Gasteiger partial charge in [0.25, 0.3) is 0 Å². The Balaban J connectivity index is 1.55. The maximum Gasteiger partial charge on any atom is 0.310 e. The van der Waals surface area contributed by atoms with E-state index >= 15 is 0 Å². The van der Waals surface area contributed by atoms with Gasteiger partial charge >= 0.3 is 5.97 Å². The standard InChI is InChI=1S/C28H33NO5/c1-5-33-27(32)19-7-6-14-29(16-19)17-22-23(30)13-12-21-25(31)24(34-26(21)22)15-18-8-10-20(11-9-18)28(2,3)4/h8-13,15,19,30H,5-7,14,16-17H2,1-4H3/b24-15-. The number of hydrogen-bond donors (Lipinski definition) is 1. The fourth-order valence-electron chi connectivity index (χ4n) is 4.56. The molecule has 2 heterocycles. The van der Waals surface area contributed by atoms with Crippen molar-refractivity contribution in [1.82, 2.24) is 4.90 Å². The minimum Gasteiger partial charge on any atom is -0.507 e. The van der Waals surface area contributed by atoms with Crippen molar-refractivity contribution >= 4 is 17.8 Å². The first-order chi connectivity index (χ1) is 16.2. The summed E-state index contributed by atoms with van der Waals surface area (Å²) in [7, 11) is 0. The number of esters is 1. The zero-order valence-electron chi connectivity index (χ0n) is 20.4. The number of ketones is 1. The number of carbonyl (C=O) groups is 2. The van der Waals surface area contributed by atoms with E-state index in [0.29, 0.717) is 36.6 Å². The molecule has 0 spiro atoms. The van der Waals surface area contributed by atoms with Crippen LogP contribution in [0, 0.1) is 5.92 Å². The molecule has 0 aromatic heterocycles. The molecule has 0 bridgehead atoms. The fraction of sp³-hybridized carbons (Fsp3) is 0.429. The van der Waals surface area contributed by atoms with Gasteiger partial charge in [0.1, 0.15) is 11.5 Å². The number of piperidine rings is 1. The summed E-state index contributed by atoms with van der Waals surface area (Å²) < 4.78 is 11.2. The highest BCUT2D eigenvalue weighted by Gasteiger charge is 2.33. The summed E-state index contributed by atoms with van der Waals surface area (Å²) >= 11 is 0. The average molecular weight is 464 g/mol. The van der Waals surface area contributed by atoms with Crippen LogP contribution >= 0.6 is 0 Å². The molecule has 0 radical (unpaired) electrons. The first-order valence-corrected chi connectivity index (χ1v) is 12.0. The molecule has 1 saturated heterocycles. The molecule has 6 heteroatoms. The van der Waals surface area contributed by atoms with Gasteiger partial charge in [-0.25, -0.2) is 0 Å². The van der Waals surface area contributed by atoms with Gasteiger partial charge in [-0.15, -0.1) is 0 Å². The van der Waals surface area contributed by atoms with Crippen LogP contribution in [0.1, 0.15) is 67.6 Å². The third-order valence-corrected chi connectivity index (χ3v) is 6.50. The Morgan fingerprint density at radius 3 is 2.62 bits per heavy atom. The molecule has 1 fully saturated rings. The first kappa shape index (κ1) is 24.0. The summed E-state index contributed by atoms with van der Waals surface area (Å²) in [6, 6.07) is 11.2. The van der Waals surface area contributed by atoms with Gasteiger partial charge in [0, 0.05) is 13.1 Å². The van der Waals surface area contributed by atoms with Crippen LogP contribution in [0.3, 0.4) is 0 Å². The second-order valence-electron chi connectivity index (χ2n) is 10.1. The summed E-state index contributed by atoms with van der Waals surface area (Å²) in [4.78, 5) is 27.4. The van der Waals surface area contributed by atoms with Crippen LogP contribution < -0.4 is 4.74 Å². The molecule has 1 unspecified atom stereocenters. The van der Waals surface area contributed by atoms with E-state index in [1.165, 1.54) is 5.56 Å². The Hall–Kier alpha value is -3.12. The van der Waals surface area contributed by atoms with E-state index in [-0.39, 0.29) is 34.6 Å². The van der Waals surface area contributed by atoms with Crippen molar-refractivity contribution in [2.24, 2.45) is 5.92 Å². The Morgan fingerprint density at radius 1 is 1.21 bits per heavy atom. The number of fused-ring (bicyclic) bond motifs is 1. The zero-order chi connectivity index (χ0) is 24.5. The number of benzene rings is 2. The van der Waals surface area contributed by atoms with Gasteiger partial charge in [-0.3, -0.25) is 14.5 Å². The third-order valence-electron chi connectivity index (χ3n) is 6.50. The zero-order valence-corrected chi connectivity index (χ0v) is 20.4. The molecule has 0 amide bonds. The molecule has 2 aromatic carbocycles. The number of ether oxygens (including phenoxy) is 2. The highest BCUT2D eigenvalue weighted by atomic mass is 16.5. The number of Topliss-reactive ketones (excluding diaryl/α,β-unsaturated/α-hetero) is 1. The number of phenolic OH excluding ortho intramolecular Hbond substituents is 1. The molecule has 2 aliphatic heterocycles. The van der Waals surface area contributed by atoms with Gasteiger partial charge < -0.3 is 14.6 Å². The lowest BCUT2D eigenvalue weighted by atomic mass is 9.86. The van der Waals surface area contributed by atoms with E-state index < -0.39 is 0 Å². The van der Waals surface area contributed by atoms with Gasteiger partial charge in [0.05, 0.1) is 23.7 Å². The minimum atomic E-state index is -0.195. The predicted octanol–water partition coefficient (Wildman–Crippen LogP) is 5.08. The molecule has 1 N–H and O–H groups in total. The Morgan fingerprint density at radius 2 is 1.94 bits per heavy atom. The Bertz CT molecular complexity index is 1110. The van der Waals surface area contributed by atoms with Gasteiger partial charge in [-0.1, -0.05) is 45.0 Å². The molecule has 4 rings (SSSR count). The SMILES string of the molecule is CCOC(=O)C1CCCN(Cc2c(O)ccc3c2O/C(=C\c2ccc(C(C)(C)C)cc2)C3=O)C1. The molecule has 1 atom stereocenters. The highest BCUT2D eigenvalue weighted by Crippen LogP contribution is 2.40. The number of likely N-dealkylation sites (tertiary alicyclic amines) is 1. The molecule has 2 aromatic rings. The predicted molar refractivity (Wildman–Crippen MR) is 131 cm³/mol. The van der Waals surface area contributed by atoms with Crippen molar-refractivity contribution in [3.05, 3.63) is 64.4 Å². The lowest BCUT2D eigenvalue weighted by Gasteiger charge is -2.31. The van der Waals surface area contributed by atoms with Crippen LogP contribution in [0.5, 0.6) is 11.5 Å². The van der Waals surface area contributed by atoms with E-state index in [2.05, 4.69) is 37.8 Å². The lowest BCUT2D eigenvalue weighted by molar-refractivity contribution is -0.150. The number of phenols is 1. The van der Waals surface area contributed by atoms with E-state index in [4.69, 9.17) is 9.47 Å². The highest BCUT2D eigenvalue weighted by molar-refractivity contribution is 6.15. The monoisotopic (exact) mass is 463 g/mol. The van der Waals surface area contributed by atoms with Crippen molar-refractivity contribution in [3.63, 3.8) is 0 Å². The van der Waals surface area contributed by atoms with Crippen LogP contribution in [0.15, 0.2) is 42.2 Å². The molecule has 34 heavy (non-hydrogen) atoms. The molecule has 0 aliphatic carbocycles. The van der Waals surface area contributed by atoms with Crippen LogP contribution in [0.25, 0.3) is 6.08 Å². The van der Waals surface area contributed by atoms with Crippen LogP contribution in [0.4, 0.5) is 0 Å². The second-order valence-corrected chi connectivity index (χ2v) is 10.1. The molecule has 6 nitrogen and oxygen atoms in total. The number of hydrogen-bond acceptors (Lipinski definition) is 6. The topological polar surface area (TPSA) is 76.1 Å². The van der Waals surface area contributed by atoms with Crippen molar-refractivity contribution in [3.8, 4) is 11.5 Å². The van der Waals surface area contributed by atoms with E-state index in [0.717, 1.165) is 24.9 Å². The van der Waals surface area contributed by atoms with Crippen molar-refractivity contribution in [2.45, 2.75) is 52.5 Å². The number of aromatic hydroxyl groups is 1. The van der Waals surface area contributed by atoms with E-state index in [9.17, 15) is 14.7 Å². The largest absolute Gasteiger partial charge is 0.507 e. The summed E-state index contributed by atoms with van der Waals surface area (Å²) in [6.45, 7) is 10.4. The number of nitrogens with zero attached hydrogens (tertiary/aromatic N) is 1. The number of carbonyl (C=O) groups excluding carboxylic acids is 2. The maximum absolute atomic E-state index is 13.0. The lowest BCUT2D eigenvalue weighted by Crippen LogP contribution is -2.39. The van der Waals surface area contributed by atoms with E-state index in [1.54, 1.807) is 18.2 Å². The molecular weight excluding hydrogens is 430 g/mol. The third kappa shape index (κ3) is 5.02.